The monoisotopic (exact) mass is 340 g/mol. The van der Waals surface area contributed by atoms with E-state index in [1.165, 1.54) is 23.9 Å². The molecule has 2 heterocycles. The van der Waals surface area contributed by atoms with Gasteiger partial charge in [-0.2, -0.15) is 27.5 Å². The lowest BCUT2D eigenvalue weighted by atomic mass is 10.1. The molecule has 11 heteroatoms. The summed E-state index contributed by atoms with van der Waals surface area (Å²) in [6, 6.07) is 5.97. The van der Waals surface area contributed by atoms with Crippen LogP contribution in [0.5, 0.6) is 0 Å². The van der Waals surface area contributed by atoms with Crippen LogP contribution in [0.3, 0.4) is 0 Å². The van der Waals surface area contributed by atoms with Crippen LogP contribution in [0.4, 0.5) is 13.2 Å². The molecular formula is C13H11F3N6O2. The fourth-order valence-corrected chi connectivity index (χ4v) is 2.08. The van der Waals surface area contributed by atoms with Crippen molar-refractivity contribution in [3.05, 3.63) is 46.2 Å². The van der Waals surface area contributed by atoms with Gasteiger partial charge in [0.15, 0.2) is 0 Å². The molecule has 8 nitrogen and oxygen atoms in total. The van der Waals surface area contributed by atoms with Gasteiger partial charge in [-0.15, -0.1) is 0 Å². The van der Waals surface area contributed by atoms with Gasteiger partial charge < -0.3 is 4.52 Å². The van der Waals surface area contributed by atoms with E-state index < -0.39 is 18.1 Å². The number of hydrogen-bond acceptors (Lipinski definition) is 6. The summed E-state index contributed by atoms with van der Waals surface area (Å²) in [5.74, 6) is -1.57. The molecule has 0 aliphatic carbocycles. The van der Waals surface area contributed by atoms with Crippen LogP contribution in [-0.2, 0) is 13.2 Å². The Morgan fingerprint density at radius 2 is 1.83 bits per heavy atom. The molecule has 24 heavy (non-hydrogen) atoms. The summed E-state index contributed by atoms with van der Waals surface area (Å²) in [6.07, 6.45) is -4.69. The van der Waals surface area contributed by atoms with Crippen LogP contribution >= 0.6 is 0 Å². The second-order valence-corrected chi connectivity index (χ2v) is 5.05. The highest BCUT2D eigenvalue weighted by Crippen LogP contribution is 2.29. The molecule has 0 saturated carbocycles. The van der Waals surface area contributed by atoms with Gasteiger partial charge in [0.1, 0.15) is 0 Å². The Bertz CT molecular complexity index is 909. The van der Waals surface area contributed by atoms with E-state index in [0.29, 0.717) is 5.56 Å². The second-order valence-electron chi connectivity index (χ2n) is 5.05. The van der Waals surface area contributed by atoms with Crippen molar-refractivity contribution in [2.75, 3.05) is 0 Å². The number of aromatic nitrogens is 6. The number of tetrazole rings is 1. The molecule has 1 unspecified atom stereocenters. The molecule has 0 amide bonds. The van der Waals surface area contributed by atoms with Crippen LogP contribution in [0.1, 0.15) is 24.4 Å². The van der Waals surface area contributed by atoms with Crippen molar-refractivity contribution in [1.82, 2.24) is 29.9 Å². The predicted molar refractivity (Wildman–Crippen MR) is 73.8 cm³/mol. The lowest BCUT2D eigenvalue weighted by Gasteiger charge is -2.10. The van der Waals surface area contributed by atoms with E-state index in [4.69, 9.17) is 0 Å². The predicted octanol–water partition coefficient (Wildman–Crippen LogP) is 1.65. The average Bonchev–Trinajstić information content (AvgIpc) is 3.15. The van der Waals surface area contributed by atoms with E-state index in [2.05, 4.69) is 25.1 Å². The third-order valence-electron chi connectivity index (χ3n) is 3.43. The summed E-state index contributed by atoms with van der Waals surface area (Å²) in [7, 11) is 1.48. The van der Waals surface area contributed by atoms with Crippen molar-refractivity contribution in [2.24, 2.45) is 7.05 Å². The number of nitrogens with zero attached hydrogens (tertiary/aromatic N) is 6. The van der Waals surface area contributed by atoms with Crippen LogP contribution < -0.4 is 5.69 Å². The van der Waals surface area contributed by atoms with Gasteiger partial charge >= 0.3 is 17.8 Å². The molecule has 3 aromatic rings. The van der Waals surface area contributed by atoms with E-state index in [1.54, 1.807) is 19.1 Å². The van der Waals surface area contributed by atoms with E-state index in [9.17, 15) is 18.0 Å². The molecule has 0 N–H and O–H groups in total. The summed E-state index contributed by atoms with van der Waals surface area (Å²) in [5.41, 5.74) is 0.706. The summed E-state index contributed by atoms with van der Waals surface area (Å²) in [5, 5.41) is 10.7. The quantitative estimate of drug-likeness (QED) is 0.720. The molecular weight excluding hydrogens is 329 g/mol. The zero-order chi connectivity index (χ0) is 17.5. The number of rotatable bonds is 3. The highest BCUT2D eigenvalue weighted by atomic mass is 19.4. The van der Waals surface area contributed by atoms with Gasteiger partial charge in [-0.3, -0.25) is 0 Å². The minimum atomic E-state index is -4.69. The first-order valence-electron chi connectivity index (χ1n) is 6.77. The summed E-state index contributed by atoms with van der Waals surface area (Å²) >= 11 is 0. The maximum Gasteiger partial charge on any atom is 0.471 e. The maximum absolute atomic E-state index is 12.5. The third-order valence-corrected chi connectivity index (χ3v) is 3.43. The molecule has 0 saturated heterocycles. The number of hydrogen-bond donors (Lipinski definition) is 0. The summed E-state index contributed by atoms with van der Waals surface area (Å²) < 4.78 is 43.9. The minimum Gasteiger partial charge on any atom is -0.329 e. The Balaban J connectivity index is 1.87. The fourth-order valence-electron chi connectivity index (χ4n) is 2.08. The highest BCUT2D eigenvalue weighted by Gasteiger charge is 2.38. The normalized spacial score (nSPS) is 13.2. The van der Waals surface area contributed by atoms with Gasteiger partial charge in [0, 0.05) is 12.6 Å². The van der Waals surface area contributed by atoms with Gasteiger partial charge in [0.25, 0.3) is 0 Å². The Labute approximate surface area is 132 Å². The van der Waals surface area contributed by atoms with Crippen molar-refractivity contribution < 1.29 is 17.7 Å². The minimum absolute atomic E-state index is 0.168. The molecule has 0 bridgehead atoms. The fraction of sp³-hybridized carbons (Fsp3) is 0.308. The van der Waals surface area contributed by atoms with E-state index in [1.807, 2.05) is 0 Å². The molecule has 0 fully saturated rings. The molecule has 0 aliphatic heterocycles. The Morgan fingerprint density at radius 3 is 2.33 bits per heavy atom. The number of halogens is 3. The Kier molecular flexibility index (Phi) is 3.70. The first-order chi connectivity index (χ1) is 11.3. The Morgan fingerprint density at radius 1 is 1.17 bits per heavy atom. The van der Waals surface area contributed by atoms with Crippen molar-refractivity contribution in [3.8, 4) is 11.4 Å². The van der Waals surface area contributed by atoms with Crippen LogP contribution in [0.2, 0.25) is 0 Å². The number of benzene rings is 1. The van der Waals surface area contributed by atoms with Crippen molar-refractivity contribution in [1.29, 1.82) is 0 Å². The Hall–Kier alpha value is -2.98. The van der Waals surface area contributed by atoms with Crippen molar-refractivity contribution >= 4 is 0 Å². The van der Waals surface area contributed by atoms with Crippen molar-refractivity contribution in [3.63, 3.8) is 0 Å². The van der Waals surface area contributed by atoms with E-state index in [0.717, 1.165) is 10.2 Å². The standard InChI is InChI=1S/C13H11F3N6O2/c1-7(22-12(23)21(2)19-20-22)8-3-5-9(6-4-8)10-17-11(24-18-10)13(14,15)16/h3-7H,1-2H3. The van der Waals surface area contributed by atoms with E-state index in [-0.39, 0.29) is 11.5 Å². The topological polar surface area (TPSA) is 91.6 Å². The van der Waals surface area contributed by atoms with Crippen molar-refractivity contribution in [2.45, 2.75) is 19.1 Å². The smallest absolute Gasteiger partial charge is 0.329 e. The molecule has 0 aliphatic rings. The first-order valence-corrected chi connectivity index (χ1v) is 6.77. The summed E-state index contributed by atoms with van der Waals surface area (Å²) in [4.78, 5) is 15.1. The molecule has 0 radical (unpaired) electrons. The molecule has 1 aromatic carbocycles. The lowest BCUT2D eigenvalue weighted by Crippen LogP contribution is -2.26. The zero-order valence-electron chi connectivity index (χ0n) is 12.5. The average molecular weight is 340 g/mol. The third kappa shape index (κ3) is 2.79. The van der Waals surface area contributed by atoms with Crippen LogP contribution in [0, 0.1) is 0 Å². The van der Waals surface area contributed by atoms with Gasteiger partial charge in [-0.05, 0) is 22.9 Å². The summed E-state index contributed by atoms with van der Waals surface area (Å²) in [6.45, 7) is 1.75. The zero-order valence-corrected chi connectivity index (χ0v) is 12.5. The van der Waals surface area contributed by atoms with Crippen LogP contribution in [0.25, 0.3) is 11.4 Å². The van der Waals surface area contributed by atoms with Crippen LogP contribution in [0.15, 0.2) is 33.6 Å². The van der Waals surface area contributed by atoms with Crippen LogP contribution in [-0.4, -0.2) is 29.9 Å². The highest BCUT2D eigenvalue weighted by molar-refractivity contribution is 5.54. The second kappa shape index (κ2) is 5.58. The largest absolute Gasteiger partial charge is 0.471 e. The molecule has 1 atom stereocenters. The molecule has 0 spiro atoms. The lowest BCUT2D eigenvalue weighted by molar-refractivity contribution is -0.159. The van der Waals surface area contributed by atoms with E-state index >= 15 is 0 Å². The molecule has 2 aromatic heterocycles. The van der Waals surface area contributed by atoms with Gasteiger partial charge in [0.2, 0.25) is 5.82 Å². The number of alkyl halides is 3. The van der Waals surface area contributed by atoms with Gasteiger partial charge in [-0.25, -0.2) is 4.79 Å². The SMILES string of the molecule is CC(c1ccc(-c2noc(C(F)(F)F)n2)cc1)n1nnn(C)c1=O. The van der Waals surface area contributed by atoms with Gasteiger partial charge in [-0.1, -0.05) is 29.4 Å². The first kappa shape index (κ1) is 15.9. The maximum atomic E-state index is 12.5. The number of aryl methyl sites for hydroxylation is 1. The molecule has 126 valence electrons. The van der Waals surface area contributed by atoms with Gasteiger partial charge in [0.05, 0.1) is 6.04 Å². The molecule has 3 rings (SSSR count).